The molecule has 3 heterocycles. The van der Waals surface area contributed by atoms with Gasteiger partial charge in [-0.2, -0.15) is 9.29 Å². The molecule has 2 fully saturated rings. The number of hydrogen-bond acceptors (Lipinski definition) is 6. The predicted octanol–water partition coefficient (Wildman–Crippen LogP) is 3.41. The highest BCUT2D eigenvalue weighted by molar-refractivity contribution is 9.11. The lowest BCUT2D eigenvalue weighted by atomic mass is 9.96. The largest absolute Gasteiger partial charge is 0.339 e. The van der Waals surface area contributed by atoms with Gasteiger partial charge >= 0.3 is 0 Å². The van der Waals surface area contributed by atoms with E-state index in [1.807, 2.05) is 0 Å². The van der Waals surface area contributed by atoms with Crippen molar-refractivity contribution >= 4 is 37.3 Å². The Bertz CT molecular complexity index is 829. The number of rotatable bonds is 5. The lowest BCUT2D eigenvalue weighted by molar-refractivity contribution is 0.247. The average Bonchev–Trinajstić information content (AvgIpc) is 3.15. The van der Waals surface area contributed by atoms with Crippen LogP contribution in [0.5, 0.6) is 0 Å². The molecule has 6 nitrogen and oxygen atoms in total. The number of aromatic nitrogens is 2. The van der Waals surface area contributed by atoms with Crippen molar-refractivity contribution < 1.29 is 12.9 Å². The zero-order chi connectivity index (χ0) is 16.7. The summed E-state index contributed by atoms with van der Waals surface area (Å²) in [5, 5.41) is 4.04. The first-order chi connectivity index (χ1) is 11.5. The van der Waals surface area contributed by atoms with E-state index in [0.29, 0.717) is 35.5 Å². The van der Waals surface area contributed by atoms with Crippen LogP contribution in [-0.2, 0) is 16.4 Å². The van der Waals surface area contributed by atoms with Crippen LogP contribution in [-0.4, -0.2) is 36.0 Å². The average molecular weight is 432 g/mol. The summed E-state index contributed by atoms with van der Waals surface area (Å²) in [4.78, 5) is 4.47. The van der Waals surface area contributed by atoms with Gasteiger partial charge < -0.3 is 4.52 Å². The summed E-state index contributed by atoms with van der Waals surface area (Å²) in [6.45, 7) is 1.09. The van der Waals surface area contributed by atoms with Gasteiger partial charge in [-0.25, -0.2) is 8.42 Å². The molecule has 130 valence electrons. The van der Waals surface area contributed by atoms with Crippen LogP contribution in [0.3, 0.4) is 0 Å². The van der Waals surface area contributed by atoms with Crippen LogP contribution in [0.2, 0.25) is 0 Å². The zero-order valence-corrected chi connectivity index (χ0v) is 16.2. The minimum absolute atomic E-state index is 0.226. The van der Waals surface area contributed by atoms with E-state index in [-0.39, 0.29) is 5.92 Å². The maximum Gasteiger partial charge on any atom is 0.252 e. The predicted molar refractivity (Wildman–Crippen MR) is 93.5 cm³/mol. The van der Waals surface area contributed by atoms with Gasteiger partial charge in [-0.15, -0.1) is 11.3 Å². The molecule has 4 rings (SSSR count). The number of halogens is 1. The molecule has 0 radical (unpaired) electrons. The Kier molecular flexibility index (Phi) is 4.53. The zero-order valence-electron chi connectivity index (χ0n) is 13.0. The molecule has 0 N–H and O–H groups in total. The maximum atomic E-state index is 12.8. The van der Waals surface area contributed by atoms with E-state index in [2.05, 4.69) is 26.1 Å². The number of hydrogen-bond donors (Lipinski definition) is 0. The van der Waals surface area contributed by atoms with Gasteiger partial charge in [0.05, 0.1) is 3.79 Å². The minimum atomic E-state index is -3.41. The molecule has 0 bridgehead atoms. The maximum absolute atomic E-state index is 12.8. The minimum Gasteiger partial charge on any atom is -0.339 e. The van der Waals surface area contributed by atoms with Crippen molar-refractivity contribution in [2.75, 3.05) is 13.1 Å². The Morgan fingerprint density at radius 1 is 1.33 bits per heavy atom. The number of nitrogens with zero attached hydrogens (tertiary/aromatic N) is 3. The molecule has 2 aromatic heterocycles. The molecular formula is C15H18BrN3O3S2. The van der Waals surface area contributed by atoms with Crippen molar-refractivity contribution in [3.63, 3.8) is 0 Å². The van der Waals surface area contributed by atoms with Crippen molar-refractivity contribution in [2.45, 2.75) is 42.2 Å². The first-order valence-corrected chi connectivity index (χ1v) is 11.2. The van der Waals surface area contributed by atoms with Gasteiger partial charge in [-0.3, -0.25) is 0 Å². The molecule has 2 aromatic rings. The van der Waals surface area contributed by atoms with Crippen molar-refractivity contribution in [3.8, 4) is 0 Å². The number of piperidine rings is 1. The second-order valence-electron chi connectivity index (χ2n) is 6.45. The third kappa shape index (κ3) is 3.44. The normalized spacial score (nSPS) is 22.8. The fraction of sp³-hybridized carbons (Fsp3) is 0.600. The summed E-state index contributed by atoms with van der Waals surface area (Å²) in [5.41, 5.74) is 0. The van der Waals surface area contributed by atoms with E-state index in [4.69, 9.17) is 4.52 Å². The molecule has 1 saturated carbocycles. The Balaban J connectivity index is 1.44. The summed E-state index contributed by atoms with van der Waals surface area (Å²) >= 11 is 4.58. The summed E-state index contributed by atoms with van der Waals surface area (Å²) in [7, 11) is -3.41. The van der Waals surface area contributed by atoms with E-state index in [1.54, 1.807) is 16.4 Å². The molecule has 2 aliphatic rings. The molecule has 1 unspecified atom stereocenters. The molecule has 1 saturated heterocycles. The second kappa shape index (κ2) is 6.51. The third-order valence-corrected chi connectivity index (χ3v) is 8.47. The Morgan fingerprint density at radius 2 is 2.17 bits per heavy atom. The highest BCUT2D eigenvalue weighted by Crippen LogP contribution is 2.38. The van der Waals surface area contributed by atoms with Gasteiger partial charge in [0.2, 0.25) is 5.89 Å². The van der Waals surface area contributed by atoms with E-state index < -0.39 is 10.0 Å². The quantitative estimate of drug-likeness (QED) is 0.724. The lowest BCUT2D eigenvalue weighted by Crippen LogP contribution is -2.40. The second-order valence-corrected chi connectivity index (χ2v) is 11.1. The molecule has 0 spiro atoms. The SMILES string of the molecule is O=S(=O)(c1ccc(Br)s1)N1CCCC(Cc2nc(C3CC3)no2)C1. The molecule has 1 aliphatic heterocycles. The van der Waals surface area contributed by atoms with Gasteiger partial charge in [-0.1, -0.05) is 5.16 Å². The van der Waals surface area contributed by atoms with E-state index in [0.717, 1.165) is 35.3 Å². The molecule has 1 atom stereocenters. The topological polar surface area (TPSA) is 76.3 Å². The van der Waals surface area contributed by atoms with Crippen molar-refractivity contribution in [2.24, 2.45) is 5.92 Å². The van der Waals surface area contributed by atoms with Crippen LogP contribution in [0.1, 0.15) is 43.3 Å². The molecule has 24 heavy (non-hydrogen) atoms. The number of sulfonamides is 1. The molecule has 0 amide bonds. The van der Waals surface area contributed by atoms with Crippen molar-refractivity contribution in [1.82, 2.24) is 14.4 Å². The van der Waals surface area contributed by atoms with Crippen LogP contribution in [0.15, 0.2) is 24.7 Å². The smallest absolute Gasteiger partial charge is 0.252 e. The van der Waals surface area contributed by atoms with Gasteiger partial charge in [-0.05, 0) is 59.7 Å². The first kappa shape index (κ1) is 16.7. The first-order valence-electron chi connectivity index (χ1n) is 8.10. The van der Waals surface area contributed by atoms with Crippen LogP contribution in [0.4, 0.5) is 0 Å². The van der Waals surface area contributed by atoms with E-state index in [9.17, 15) is 8.42 Å². The van der Waals surface area contributed by atoms with Crippen molar-refractivity contribution in [3.05, 3.63) is 27.6 Å². The monoisotopic (exact) mass is 431 g/mol. The summed E-state index contributed by atoms with van der Waals surface area (Å²) < 4.78 is 33.7. The fourth-order valence-electron chi connectivity index (χ4n) is 3.08. The molecular weight excluding hydrogens is 414 g/mol. The van der Waals surface area contributed by atoms with Crippen LogP contribution < -0.4 is 0 Å². The number of thiophene rings is 1. The summed E-state index contributed by atoms with van der Waals surface area (Å²) in [5.74, 6) is 2.15. The van der Waals surface area contributed by atoms with Crippen LogP contribution in [0, 0.1) is 5.92 Å². The Labute approximate surface area is 153 Å². The Hall–Kier alpha value is -0.770. The van der Waals surface area contributed by atoms with Gasteiger partial charge in [0, 0.05) is 25.4 Å². The van der Waals surface area contributed by atoms with E-state index >= 15 is 0 Å². The van der Waals surface area contributed by atoms with Crippen molar-refractivity contribution in [1.29, 1.82) is 0 Å². The van der Waals surface area contributed by atoms with Gasteiger partial charge in [0.1, 0.15) is 4.21 Å². The molecule has 9 heteroatoms. The third-order valence-electron chi connectivity index (χ3n) is 4.51. The summed E-state index contributed by atoms with van der Waals surface area (Å²) in [6.07, 6.45) is 4.79. The van der Waals surface area contributed by atoms with Crippen LogP contribution >= 0.6 is 27.3 Å². The van der Waals surface area contributed by atoms with Crippen LogP contribution in [0.25, 0.3) is 0 Å². The Morgan fingerprint density at radius 3 is 2.88 bits per heavy atom. The fourth-order valence-corrected chi connectivity index (χ4v) is 6.80. The highest BCUT2D eigenvalue weighted by atomic mass is 79.9. The summed E-state index contributed by atoms with van der Waals surface area (Å²) in [6, 6.07) is 3.43. The highest BCUT2D eigenvalue weighted by Gasteiger charge is 2.33. The molecule has 1 aliphatic carbocycles. The lowest BCUT2D eigenvalue weighted by Gasteiger charge is -2.30. The standard InChI is InChI=1S/C15H18BrN3O3S2/c16-12-5-6-14(23-12)24(20,21)19-7-1-2-10(9-19)8-13-17-15(18-22-13)11-3-4-11/h5-6,10-11H,1-4,7-9H2. The molecule has 0 aromatic carbocycles. The van der Waals surface area contributed by atoms with Gasteiger partial charge in [0.25, 0.3) is 10.0 Å². The van der Waals surface area contributed by atoms with E-state index in [1.165, 1.54) is 11.3 Å². The van der Waals surface area contributed by atoms with Gasteiger partial charge in [0.15, 0.2) is 5.82 Å².